The molecule has 2 aromatic rings. The number of methoxy groups -OCH3 is 1. The Morgan fingerprint density at radius 3 is 2.65 bits per heavy atom. The summed E-state index contributed by atoms with van der Waals surface area (Å²) in [6.45, 7) is -0.234. The molecule has 0 unspecified atom stereocenters. The lowest BCUT2D eigenvalue weighted by molar-refractivity contribution is -0.123. The first-order valence-electron chi connectivity index (χ1n) is 6.81. The van der Waals surface area contributed by atoms with Gasteiger partial charge in [0, 0.05) is 5.56 Å². The Kier molecular flexibility index (Phi) is 5.72. The minimum atomic E-state index is -0.427. The highest BCUT2D eigenvalue weighted by atomic mass is 16.5. The number of hydrazone groups is 1. The molecule has 0 spiro atoms. The second-order valence-corrected chi connectivity index (χ2v) is 4.43. The van der Waals surface area contributed by atoms with Crippen molar-refractivity contribution in [2.75, 3.05) is 13.7 Å². The standard InChI is InChI=1S/C17H15N3O3/c1-22-15-8-4-3-7-14(15)11-19-20-17(21)12-23-16-9-5-2-6-13(16)10-18/h2-9,11H,12H2,1H3,(H,20,21)/b19-11+. The van der Waals surface area contributed by atoms with Gasteiger partial charge in [-0.05, 0) is 24.3 Å². The fourth-order valence-corrected chi connectivity index (χ4v) is 1.81. The van der Waals surface area contributed by atoms with Gasteiger partial charge in [-0.2, -0.15) is 10.4 Å². The molecule has 0 bridgehead atoms. The fraction of sp³-hybridized carbons (Fsp3) is 0.118. The summed E-state index contributed by atoms with van der Waals surface area (Å²) in [5.74, 6) is 0.590. The highest BCUT2D eigenvalue weighted by molar-refractivity contribution is 5.85. The monoisotopic (exact) mass is 309 g/mol. The maximum Gasteiger partial charge on any atom is 0.277 e. The number of nitriles is 1. The van der Waals surface area contributed by atoms with Crippen LogP contribution in [0.2, 0.25) is 0 Å². The molecule has 0 saturated heterocycles. The summed E-state index contributed by atoms with van der Waals surface area (Å²) >= 11 is 0. The van der Waals surface area contributed by atoms with Crippen molar-refractivity contribution >= 4 is 12.1 Å². The van der Waals surface area contributed by atoms with E-state index in [1.54, 1.807) is 37.4 Å². The summed E-state index contributed by atoms with van der Waals surface area (Å²) in [5, 5.41) is 12.8. The van der Waals surface area contributed by atoms with Gasteiger partial charge in [-0.25, -0.2) is 5.43 Å². The number of hydrogen-bond donors (Lipinski definition) is 1. The topological polar surface area (TPSA) is 83.7 Å². The molecule has 1 amide bonds. The normalized spacial score (nSPS) is 10.1. The van der Waals surface area contributed by atoms with Crippen molar-refractivity contribution in [1.82, 2.24) is 5.43 Å². The second kappa shape index (κ2) is 8.20. The lowest BCUT2D eigenvalue weighted by atomic mass is 10.2. The molecule has 0 aliphatic carbocycles. The average Bonchev–Trinajstić information content (AvgIpc) is 2.60. The summed E-state index contributed by atoms with van der Waals surface area (Å²) in [6.07, 6.45) is 1.49. The third-order valence-electron chi connectivity index (χ3n) is 2.90. The van der Waals surface area contributed by atoms with Crippen molar-refractivity contribution in [2.24, 2.45) is 5.10 Å². The minimum Gasteiger partial charge on any atom is -0.496 e. The lowest BCUT2D eigenvalue weighted by Crippen LogP contribution is -2.24. The molecule has 0 radical (unpaired) electrons. The van der Waals surface area contributed by atoms with Crippen molar-refractivity contribution in [2.45, 2.75) is 0 Å². The molecule has 6 heteroatoms. The predicted molar refractivity (Wildman–Crippen MR) is 85.4 cm³/mol. The molecule has 23 heavy (non-hydrogen) atoms. The van der Waals surface area contributed by atoms with E-state index in [2.05, 4.69) is 10.5 Å². The van der Waals surface area contributed by atoms with Gasteiger partial charge in [0.25, 0.3) is 5.91 Å². The van der Waals surface area contributed by atoms with Gasteiger partial charge in [-0.3, -0.25) is 4.79 Å². The zero-order valence-corrected chi connectivity index (χ0v) is 12.5. The molecule has 0 aromatic heterocycles. The summed E-state index contributed by atoms with van der Waals surface area (Å²) < 4.78 is 10.5. The lowest BCUT2D eigenvalue weighted by Gasteiger charge is -2.06. The minimum absolute atomic E-state index is 0.234. The van der Waals surface area contributed by atoms with Crippen LogP contribution >= 0.6 is 0 Å². The van der Waals surface area contributed by atoms with E-state index in [4.69, 9.17) is 14.7 Å². The van der Waals surface area contributed by atoms with Crippen molar-refractivity contribution in [3.63, 3.8) is 0 Å². The van der Waals surface area contributed by atoms with E-state index in [9.17, 15) is 4.79 Å². The largest absolute Gasteiger partial charge is 0.496 e. The SMILES string of the molecule is COc1ccccc1/C=N/NC(=O)COc1ccccc1C#N. The summed E-state index contributed by atoms with van der Waals surface area (Å²) in [4.78, 5) is 11.7. The van der Waals surface area contributed by atoms with Gasteiger partial charge >= 0.3 is 0 Å². The quantitative estimate of drug-likeness (QED) is 0.654. The van der Waals surface area contributed by atoms with Crippen molar-refractivity contribution in [3.8, 4) is 17.6 Å². The predicted octanol–water partition coefficient (Wildman–Crippen LogP) is 2.10. The third kappa shape index (κ3) is 4.58. The smallest absolute Gasteiger partial charge is 0.277 e. The molecule has 2 rings (SSSR count). The van der Waals surface area contributed by atoms with E-state index >= 15 is 0 Å². The Hall–Kier alpha value is -3.33. The number of para-hydroxylation sites is 2. The first-order chi connectivity index (χ1) is 11.2. The van der Waals surface area contributed by atoms with E-state index < -0.39 is 5.91 Å². The molecule has 2 aromatic carbocycles. The van der Waals surface area contributed by atoms with Crippen LogP contribution in [0, 0.1) is 11.3 Å². The third-order valence-corrected chi connectivity index (χ3v) is 2.90. The van der Waals surface area contributed by atoms with Crippen molar-refractivity contribution in [1.29, 1.82) is 5.26 Å². The fourth-order valence-electron chi connectivity index (χ4n) is 1.81. The molecule has 0 aliphatic heterocycles. The van der Waals surface area contributed by atoms with Crippen molar-refractivity contribution < 1.29 is 14.3 Å². The van der Waals surface area contributed by atoms with Crippen LogP contribution in [0.25, 0.3) is 0 Å². The molecular weight excluding hydrogens is 294 g/mol. The maximum absolute atomic E-state index is 11.7. The van der Waals surface area contributed by atoms with Gasteiger partial charge in [0.1, 0.15) is 17.6 Å². The number of amides is 1. The van der Waals surface area contributed by atoms with Crippen LogP contribution in [0.5, 0.6) is 11.5 Å². The molecule has 1 N–H and O–H groups in total. The van der Waals surface area contributed by atoms with Crippen molar-refractivity contribution in [3.05, 3.63) is 59.7 Å². The summed E-state index contributed by atoms with van der Waals surface area (Å²) in [5.41, 5.74) is 3.47. The Morgan fingerprint density at radius 2 is 1.91 bits per heavy atom. The number of nitrogens with zero attached hydrogens (tertiary/aromatic N) is 2. The van der Waals surface area contributed by atoms with Gasteiger partial charge in [0.05, 0.1) is 18.9 Å². The molecule has 0 aliphatic rings. The van der Waals surface area contributed by atoms with Crippen LogP contribution in [0.4, 0.5) is 0 Å². The highest BCUT2D eigenvalue weighted by Crippen LogP contribution is 2.16. The van der Waals surface area contributed by atoms with Crippen LogP contribution in [-0.4, -0.2) is 25.8 Å². The Morgan fingerprint density at radius 1 is 1.22 bits per heavy atom. The van der Waals surface area contributed by atoms with E-state index in [1.807, 2.05) is 24.3 Å². The van der Waals surface area contributed by atoms with E-state index in [0.717, 1.165) is 5.56 Å². The van der Waals surface area contributed by atoms with Gasteiger partial charge in [0.15, 0.2) is 6.61 Å². The zero-order valence-electron chi connectivity index (χ0n) is 12.5. The van der Waals surface area contributed by atoms with E-state index in [-0.39, 0.29) is 6.61 Å². The average molecular weight is 309 g/mol. The van der Waals surface area contributed by atoms with Gasteiger partial charge < -0.3 is 9.47 Å². The maximum atomic E-state index is 11.7. The molecule has 116 valence electrons. The van der Waals surface area contributed by atoms with Crippen LogP contribution < -0.4 is 14.9 Å². The van der Waals surface area contributed by atoms with Gasteiger partial charge in [-0.15, -0.1) is 0 Å². The molecule has 0 saturated carbocycles. The van der Waals surface area contributed by atoms with Gasteiger partial charge in [-0.1, -0.05) is 24.3 Å². The number of benzene rings is 2. The first kappa shape index (κ1) is 16.0. The van der Waals surface area contributed by atoms with Crippen LogP contribution in [0.1, 0.15) is 11.1 Å². The van der Waals surface area contributed by atoms with E-state index in [1.165, 1.54) is 6.21 Å². The number of carbonyl (C=O) groups is 1. The van der Waals surface area contributed by atoms with E-state index in [0.29, 0.717) is 17.1 Å². The van der Waals surface area contributed by atoms with Crippen LogP contribution in [0.3, 0.4) is 0 Å². The van der Waals surface area contributed by atoms with Crippen LogP contribution in [-0.2, 0) is 4.79 Å². The molecule has 0 heterocycles. The van der Waals surface area contributed by atoms with Gasteiger partial charge in [0.2, 0.25) is 0 Å². The molecular formula is C17H15N3O3. The molecule has 0 atom stereocenters. The first-order valence-corrected chi connectivity index (χ1v) is 6.81. The Bertz CT molecular complexity index is 751. The number of nitrogens with one attached hydrogen (secondary N) is 1. The Labute approximate surface area is 134 Å². The number of carbonyl (C=O) groups excluding carboxylic acids is 1. The zero-order chi connectivity index (χ0) is 16.5. The summed E-state index contributed by atoms with van der Waals surface area (Å²) in [7, 11) is 1.56. The number of hydrogen-bond acceptors (Lipinski definition) is 5. The van der Waals surface area contributed by atoms with Crippen LogP contribution in [0.15, 0.2) is 53.6 Å². The highest BCUT2D eigenvalue weighted by Gasteiger charge is 2.05. The summed E-state index contributed by atoms with van der Waals surface area (Å²) in [6, 6.07) is 16.0. The molecule has 0 fully saturated rings. The second-order valence-electron chi connectivity index (χ2n) is 4.43. The molecule has 6 nitrogen and oxygen atoms in total. The number of ether oxygens (including phenoxy) is 2. The Balaban J connectivity index is 1.88. The number of rotatable bonds is 6.